The van der Waals surface area contributed by atoms with Crippen LogP contribution in [0, 0.1) is 0 Å². The number of fused-ring (bicyclic) bond motifs is 1. The molecule has 92 valence electrons. The maximum absolute atomic E-state index is 11.7. The van der Waals surface area contributed by atoms with E-state index in [2.05, 4.69) is 17.4 Å². The van der Waals surface area contributed by atoms with Crippen molar-refractivity contribution in [3.8, 4) is 0 Å². The average molecular weight is 252 g/mol. The quantitative estimate of drug-likeness (QED) is 0.832. The molecule has 17 heavy (non-hydrogen) atoms. The van der Waals surface area contributed by atoms with Gasteiger partial charge in [-0.1, -0.05) is 18.2 Å². The van der Waals surface area contributed by atoms with Gasteiger partial charge in [-0.2, -0.15) is 0 Å². The van der Waals surface area contributed by atoms with Gasteiger partial charge in [-0.3, -0.25) is 4.79 Å². The number of carbonyl (C=O) groups is 1. The first-order valence-electron chi connectivity index (χ1n) is 6.22. The van der Waals surface area contributed by atoms with Gasteiger partial charge in [-0.05, 0) is 49.4 Å². The topological polar surface area (TPSA) is 29.1 Å². The van der Waals surface area contributed by atoms with E-state index in [0.29, 0.717) is 11.7 Å². The molecule has 0 saturated carbocycles. The number of nitrogens with one attached hydrogen (secondary N) is 1. The second-order valence-corrected chi connectivity index (χ2v) is 4.82. The highest BCUT2D eigenvalue weighted by molar-refractivity contribution is 6.00. The minimum Gasteiger partial charge on any atom is -0.317 e. The van der Waals surface area contributed by atoms with Gasteiger partial charge in [0.15, 0.2) is 5.78 Å². The van der Waals surface area contributed by atoms with Crippen LogP contribution in [0.4, 0.5) is 0 Å². The number of ketones is 1. The van der Waals surface area contributed by atoms with Crippen molar-refractivity contribution in [1.82, 2.24) is 5.32 Å². The number of hydrogen-bond acceptors (Lipinski definition) is 2. The third kappa shape index (κ3) is 2.24. The Hall–Kier alpha value is -0.860. The van der Waals surface area contributed by atoms with Gasteiger partial charge in [-0.25, -0.2) is 0 Å². The van der Waals surface area contributed by atoms with Crippen LogP contribution in [0.25, 0.3) is 0 Å². The Morgan fingerprint density at radius 1 is 1.12 bits per heavy atom. The molecule has 0 aromatic heterocycles. The van der Waals surface area contributed by atoms with Crippen LogP contribution in [0.2, 0.25) is 0 Å². The Morgan fingerprint density at radius 3 is 2.65 bits per heavy atom. The molecular formula is C14H18ClNO. The van der Waals surface area contributed by atoms with E-state index in [4.69, 9.17) is 0 Å². The van der Waals surface area contributed by atoms with Gasteiger partial charge >= 0.3 is 0 Å². The van der Waals surface area contributed by atoms with Crippen molar-refractivity contribution in [1.29, 1.82) is 0 Å². The number of Topliss-reactive ketones (excluding diaryl/α,β-unsaturated/α-hetero) is 1. The number of rotatable bonds is 1. The minimum absolute atomic E-state index is 0. The van der Waals surface area contributed by atoms with Gasteiger partial charge in [0.1, 0.15) is 0 Å². The number of benzene rings is 1. The van der Waals surface area contributed by atoms with Crippen molar-refractivity contribution in [2.45, 2.75) is 31.6 Å². The van der Waals surface area contributed by atoms with E-state index in [9.17, 15) is 4.79 Å². The summed E-state index contributed by atoms with van der Waals surface area (Å²) in [6.45, 7) is 2.23. The summed E-state index contributed by atoms with van der Waals surface area (Å²) in [6.07, 6.45) is 4.11. The maximum atomic E-state index is 11.7. The van der Waals surface area contributed by atoms with Crippen LogP contribution < -0.4 is 5.32 Å². The normalized spacial score (nSPS) is 19.9. The van der Waals surface area contributed by atoms with Crippen molar-refractivity contribution in [2.24, 2.45) is 0 Å². The first-order chi connectivity index (χ1) is 7.86. The summed E-state index contributed by atoms with van der Waals surface area (Å²) in [5.41, 5.74) is 3.79. The number of carbonyl (C=O) groups excluding carboxylic acids is 1. The maximum Gasteiger partial charge on any atom is 0.163 e. The zero-order valence-corrected chi connectivity index (χ0v) is 10.7. The highest BCUT2D eigenvalue weighted by atomic mass is 35.5. The molecule has 2 aliphatic rings. The smallest absolute Gasteiger partial charge is 0.163 e. The van der Waals surface area contributed by atoms with Gasteiger partial charge in [0, 0.05) is 12.0 Å². The SMILES string of the molecule is Cl.O=C1CCc2c1cccc2C1CCNCC1. The molecule has 1 saturated heterocycles. The summed E-state index contributed by atoms with van der Waals surface area (Å²) in [5, 5.41) is 3.39. The Labute approximate surface area is 108 Å². The van der Waals surface area contributed by atoms with Crippen LogP contribution >= 0.6 is 12.4 Å². The molecule has 2 nitrogen and oxygen atoms in total. The third-order valence-electron chi connectivity index (χ3n) is 3.89. The molecule has 0 bridgehead atoms. The van der Waals surface area contributed by atoms with Crippen molar-refractivity contribution in [3.05, 3.63) is 34.9 Å². The van der Waals surface area contributed by atoms with Crippen molar-refractivity contribution in [2.75, 3.05) is 13.1 Å². The molecule has 0 radical (unpaired) electrons. The minimum atomic E-state index is 0. The first kappa shape index (κ1) is 12.6. The molecule has 3 rings (SSSR count). The standard InChI is InChI=1S/C14H17NO.ClH/c16-14-5-4-12-11(2-1-3-13(12)14)10-6-8-15-9-7-10;/h1-3,10,15H,4-9H2;1H. The molecule has 1 aliphatic carbocycles. The Kier molecular flexibility index (Phi) is 3.85. The summed E-state index contributed by atoms with van der Waals surface area (Å²) in [5.74, 6) is 1.01. The summed E-state index contributed by atoms with van der Waals surface area (Å²) in [4.78, 5) is 11.7. The van der Waals surface area contributed by atoms with Gasteiger partial charge in [-0.15, -0.1) is 12.4 Å². The second kappa shape index (κ2) is 5.19. The van der Waals surface area contributed by atoms with Crippen LogP contribution in [0.3, 0.4) is 0 Å². The number of hydrogen-bond donors (Lipinski definition) is 1. The fourth-order valence-electron chi connectivity index (χ4n) is 3.03. The van der Waals surface area contributed by atoms with Crippen molar-refractivity contribution < 1.29 is 4.79 Å². The number of halogens is 1. The molecule has 0 amide bonds. The molecule has 1 aromatic rings. The Bertz CT molecular complexity index is 424. The first-order valence-corrected chi connectivity index (χ1v) is 6.22. The van der Waals surface area contributed by atoms with Crippen LogP contribution in [-0.2, 0) is 6.42 Å². The Balaban J connectivity index is 0.00000108. The molecule has 1 aromatic carbocycles. The predicted molar refractivity (Wildman–Crippen MR) is 71.2 cm³/mol. The van der Waals surface area contributed by atoms with E-state index in [-0.39, 0.29) is 12.4 Å². The van der Waals surface area contributed by atoms with Crippen LogP contribution in [0.5, 0.6) is 0 Å². The molecule has 1 fully saturated rings. The second-order valence-electron chi connectivity index (χ2n) is 4.82. The zero-order chi connectivity index (χ0) is 11.0. The fraction of sp³-hybridized carbons (Fsp3) is 0.500. The van der Waals surface area contributed by atoms with E-state index in [1.54, 1.807) is 0 Å². The lowest BCUT2D eigenvalue weighted by atomic mass is 9.86. The van der Waals surface area contributed by atoms with Gasteiger partial charge in [0.25, 0.3) is 0 Å². The lowest BCUT2D eigenvalue weighted by molar-refractivity contribution is 0.0994. The van der Waals surface area contributed by atoms with Crippen LogP contribution in [0.15, 0.2) is 18.2 Å². The molecule has 1 aliphatic heterocycles. The summed E-state index contributed by atoms with van der Waals surface area (Å²) >= 11 is 0. The van der Waals surface area contributed by atoms with Crippen molar-refractivity contribution >= 4 is 18.2 Å². The molecule has 3 heteroatoms. The molecule has 0 unspecified atom stereocenters. The van der Waals surface area contributed by atoms with E-state index in [0.717, 1.165) is 31.5 Å². The van der Waals surface area contributed by atoms with E-state index < -0.39 is 0 Å². The highest BCUT2D eigenvalue weighted by Gasteiger charge is 2.25. The van der Waals surface area contributed by atoms with Gasteiger partial charge in [0.2, 0.25) is 0 Å². The van der Waals surface area contributed by atoms with E-state index in [1.807, 2.05) is 6.07 Å². The Morgan fingerprint density at radius 2 is 1.88 bits per heavy atom. The molecule has 1 heterocycles. The van der Waals surface area contributed by atoms with Crippen LogP contribution in [0.1, 0.15) is 46.7 Å². The van der Waals surface area contributed by atoms with E-state index >= 15 is 0 Å². The highest BCUT2D eigenvalue weighted by Crippen LogP contribution is 2.33. The molecular weight excluding hydrogens is 234 g/mol. The molecule has 1 N–H and O–H groups in total. The monoisotopic (exact) mass is 251 g/mol. The van der Waals surface area contributed by atoms with Gasteiger partial charge in [0.05, 0.1) is 0 Å². The van der Waals surface area contributed by atoms with E-state index in [1.165, 1.54) is 24.0 Å². The molecule has 0 atom stereocenters. The van der Waals surface area contributed by atoms with Crippen molar-refractivity contribution in [3.63, 3.8) is 0 Å². The average Bonchev–Trinajstić information content (AvgIpc) is 2.73. The molecule has 0 spiro atoms. The predicted octanol–water partition coefficient (Wildman–Crippen LogP) is 2.70. The lowest BCUT2D eigenvalue weighted by Crippen LogP contribution is -2.27. The van der Waals surface area contributed by atoms with Crippen LogP contribution in [-0.4, -0.2) is 18.9 Å². The third-order valence-corrected chi connectivity index (χ3v) is 3.89. The lowest BCUT2D eigenvalue weighted by Gasteiger charge is -2.24. The summed E-state index contributed by atoms with van der Waals surface area (Å²) in [7, 11) is 0. The summed E-state index contributed by atoms with van der Waals surface area (Å²) in [6, 6.07) is 6.28. The largest absolute Gasteiger partial charge is 0.317 e. The zero-order valence-electron chi connectivity index (χ0n) is 9.87. The number of piperidine rings is 1. The van der Waals surface area contributed by atoms with Gasteiger partial charge < -0.3 is 5.32 Å². The summed E-state index contributed by atoms with van der Waals surface area (Å²) < 4.78 is 0. The fourth-order valence-corrected chi connectivity index (χ4v) is 3.03.